The van der Waals surface area contributed by atoms with E-state index >= 15 is 0 Å². The summed E-state index contributed by atoms with van der Waals surface area (Å²) >= 11 is 4.41. The predicted octanol–water partition coefficient (Wildman–Crippen LogP) is 8.46. The van der Waals surface area contributed by atoms with Crippen molar-refractivity contribution in [3.8, 4) is 11.5 Å². The van der Waals surface area contributed by atoms with E-state index in [9.17, 15) is 14.4 Å². The molecule has 384 valence electrons. The molecule has 0 atom stereocenters. The molecule has 0 unspecified atom stereocenters. The minimum Gasteiger partial charge on any atom is -0.454 e. The van der Waals surface area contributed by atoms with E-state index in [0.717, 1.165) is 49.6 Å². The average Bonchev–Trinajstić information content (AvgIpc) is 4.33. The van der Waals surface area contributed by atoms with Crippen molar-refractivity contribution in [2.24, 2.45) is 0 Å². The van der Waals surface area contributed by atoms with Crippen LogP contribution in [0.15, 0.2) is 160 Å². The van der Waals surface area contributed by atoms with Gasteiger partial charge in [0.25, 0.3) is 17.7 Å². The third-order valence-corrected chi connectivity index (χ3v) is 13.5. The van der Waals surface area contributed by atoms with Gasteiger partial charge in [0.2, 0.25) is 29.0 Å². The zero-order valence-corrected chi connectivity index (χ0v) is 42.7. The van der Waals surface area contributed by atoms with Gasteiger partial charge in [-0.25, -0.2) is 15.2 Å². The van der Waals surface area contributed by atoms with Crippen molar-refractivity contribution in [1.82, 2.24) is 61.0 Å². The summed E-state index contributed by atoms with van der Waals surface area (Å²) in [7, 11) is 0. The minimum absolute atomic E-state index is 0.137. The van der Waals surface area contributed by atoms with E-state index in [1.807, 2.05) is 97.1 Å². The Bertz CT molecular complexity index is 3580. The maximum atomic E-state index is 12.7. The molecule has 0 spiro atoms. The molecule has 1 aliphatic rings. The number of rotatable bonds is 16. The molecule has 1 aliphatic heterocycles. The fourth-order valence-electron chi connectivity index (χ4n) is 7.14. The topological polar surface area (TPSA) is 321 Å². The number of nitrogens with zero attached hydrogens (tertiary/aromatic N) is 8. The molecule has 11 rings (SSSR count). The van der Waals surface area contributed by atoms with Gasteiger partial charge in [0.1, 0.15) is 12.1 Å². The molecule has 0 fully saturated rings. The Hall–Kier alpha value is -9.20. The standard InChI is InChI=1S/C19H16N6OS.C18H17N5O3S.C14H13N5O2S/c20-18-23-19(25-24-18)27-11-12-3-1-4-13(9-12)17(26)22-16-6-2-5-14-10-21-8-7-15(14)16;19-17-21-18(23-22-17)27-9-12-2-1-3-13(6-12)16(24)20-8-11-4-5-14-15(7-11)26-10-25-14;1-9-5-12(19-21-9)17-13(20)11-4-2-3-10(6-11)7-22-14-15-8-16-18-14/h1-10H,11H2,(H,22,26)(H3,20,23,24,25);1-7H,8-10H2,(H,20,24)(H3,19,21,22,23);2-6,8H,7H2,1H3,(H,15,16,18)(H,17,19,20). The number of aromatic amines is 3. The number of carbonyl (C=O) groups excluding carboxylic acids is 3. The van der Waals surface area contributed by atoms with Gasteiger partial charge >= 0.3 is 0 Å². The lowest BCUT2D eigenvalue weighted by Gasteiger charge is -2.09. The number of aromatic nitrogens is 11. The highest BCUT2D eigenvalue weighted by Gasteiger charge is 2.16. The van der Waals surface area contributed by atoms with Crippen LogP contribution in [0.3, 0.4) is 0 Å². The van der Waals surface area contributed by atoms with Gasteiger partial charge in [-0.2, -0.15) is 15.1 Å². The summed E-state index contributed by atoms with van der Waals surface area (Å²) in [4.78, 5) is 53.6. The number of fused-ring (bicyclic) bond motifs is 2. The Morgan fingerprint density at radius 1 is 0.645 bits per heavy atom. The molecule has 6 heterocycles. The Kier molecular flexibility index (Phi) is 17.1. The summed E-state index contributed by atoms with van der Waals surface area (Å²) in [5.41, 5.74) is 17.5. The molecule has 25 heteroatoms. The highest BCUT2D eigenvalue weighted by Crippen LogP contribution is 2.33. The number of hydrogen-bond acceptors (Lipinski definition) is 19. The van der Waals surface area contributed by atoms with Crippen LogP contribution in [0, 0.1) is 6.92 Å². The molecule has 10 aromatic rings. The number of anilines is 4. The number of pyridine rings is 1. The van der Waals surface area contributed by atoms with Gasteiger partial charge in [-0.1, -0.05) is 95.0 Å². The number of amides is 3. The maximum Gasteiger partial charge on any atom is 0.256 e. The van der Waals surface area contributed by atoms with Gasteiger partial charge in [-0.15, -0.1) is 10.2 Å². The summed E-state index contributed by atoms with van der Waals surface area (Å²) < 4.78 is 15.6. The highest BCUT2D eigenvalue weighted by molar-refractivity contribution is 7.98. The quantitative estimate of drug-likeness (QED) is 0.0421. The zero-order valence-electron chi connectivity index (χ0n) is 40.2. The molecule has 10 N–H and O–H groups in total. The second-order valence-corrected chi connectivity index (χ2v) is 19.1. The largest absolute Gasteiger partial charge is 0.454 e. The second kappa shape index (κ2) is 25.2. The Morgan fingerprint density at radius 2 is 1.26 bits per heavy atom. The number of nitrogen functional groups attached to an aromatic ring is 2. The van der Waals surface area contributed by atoms with Crippen molar-refractivity contribution in [2.45, 2.75) is 46.2 Å². The SMILES string of the molecule is Cc1cc(NC(=O)c2cccc(CSc3ncn[nH]3)c2)no1.Nc1nc(SCc2cccc(C(=O)NCc3ccc4c(c3)OCO4)c2)n[nH]1.Nc1nc(SCc2cccc(C(=O)Nc3cccc4cnccc34)c2)n[nH]1. The van der Waals surface area contributed by atoms with Gasteiger partial charge in [0.05, 0.1) is 0 Å². The van der Waals surface area contributed by atoms with Crippen LogP contribution in [-0.4, -0.2) is 80.2 Å². The molecular weight excluding hydrogens is 1030 g/mol. The van der Waals surface area contributed by atoms with E-state index in [1.54, 1.807) is 43.6 Å². The van der Waals surface area contributed by atoms with Crippen molar-refractivity contribution >= 4 is 87.2 Å². The van der Waals surface area contributed by atoms with Crippen LogP contribution in [0.2, 0.25) is 0 Å². The van der Waals surface area contributed by atoms with Crippen molar-refractivity contribution in [1.29, 1.82) is 0 Å². The molecule has 0 saturated heterocycles. The smallest absolute Gasteiger partial charge is 0.256 e. The first-order valence-electron chi connectivity index (χ1n) is 23.0. The lowest BCUT2D eigenvalue weighted by Crippen LogP contribution is -2.22. The first-order chi connectivity index (χ1) is 37.1. The first-order valence-corrected chi connectivity index (χ1v) is 25.9. The molecular formula is C51H46N16O6S3. The van der Waals surface area contributed by atoms with Crippen LogP contribution in [-0.2, 0) is 23.8 Å². The van der Waals surface area contributed by atoms with Gasteiger partial charge in [0, 0.05) is 75.4 Å². The molecule has 76 heavy (non-hydrogen) atoms. The lowest BCUT2D eigenvalue weighted by molar-refractivity contribution is 0.0949. The number of ether oxygens (including phenoxy) is 2. The van der Waals surface area contributed by atoms with Crippen molar-refractivity contribution < 1.29 is 28.4 Å². The van der Waals surface area contributed by atoms with Crippen molar-refractivity contribution in [3.63, 3.8) is 0 Å². The maximum absolute atomic E-state index is 12.7. The van der Waals surface area contributed by atoms with Gasteiger partial charge in [-0.05, 0) is 89.8 Å². The molecule has 3 amide bonds. The van der Waals surface area contributed by atoms with Crippen LogP contribution < -0.4 is 36.9 Å². The van der Waals surface area contributed by atoms with Crippen molar-refractivity contribution in [2.75, 3.05) is 28.9 Å². The summed E-state index contributed by atoms with van der Waals surface area (Å²) in [6, 6.07) is 37.3. The van der Waals surface area contributed by atoms with E-state index in [1.165, 1.54) is 41.6 Å². The van der Waals surface area contributed by atoms with E-state index in [2.05, 4.69) is 71.6 Å². The van der Waals surface area contributed by atoms with E-state index in [4.69, 9.17) is 25.5 Å². The van der Waals surface area contributed by atoms with E-state index in [0.29, 0.717) is 68.1 Å². The molecule has 5 aromatic heterocycles. The summed E-state index contributed by atoms with van der Waals surface area (Å²) in [5, 5.41) is 35.9. The van der Waals surface area contributed by atoms with E-state index in [-0.39, 0.29) is 36.4 Å². The normalized spacial score (nSPS) is 11.2. The number of hydrogen-bond donors (Lipinski definition) is 8. The minimum atomic E-state index is -0.222. The van der Waals surface area contributed by atoms with Crippen LogP contribution in [0.4, 0.5) is 23.4 Å². The number of nitrogens with one attached hydrogen (secondary N) is 6. The number of carbonyl (C=O) groups is 3. The van der Waals surface area contributed by atoms with Crippen molar-refractivity contribution in [3.05, 3.63) is 185 Å². The zero-order chi connectivity index (χ0) is 52.6. The van der Waals surface area contributed by atoms with Crippen LogP contribution in [0.1, 0.15) is 59.1 Å². The molecule has 0 radical (unpaired) electrons. The van der Waals surface area contributed by atoms with Crippen LogP contribution >= 0.6 is 35.3 Å². The molecule has 0 bridgehead atoms. The molecule has 5 aromatic carbocycles. The number of benzene rings is 5. The van der Waals surface area contributed by atoms with Crippen LogP contribution in [0.25, 0.3) is 10.8 Å². The average molecular weight is 1080 g/mol. The Labute approximate surface area is 445 Å². The summed E-state index contributed by atoms with van der Waals surface area (Å²) in [6.07, 6.45) is 4.95. The third-order valence-electron chi connectivity index (χ3n) is 10.7. The number of aryl methyl sites for hydroxylation is 1. The second-order valence-electron chi connectivity index (χ2n) is 16.3. The van der Waals surface area contributed by atoms with Gasteiger partial charge in [-0.3, -0.25) is 24.5 Å². The lowest BCUT2D eigenvalue weighted by atomic mass is 10.1. The fraction of sp³-hybridized carbons (Fsp3) is 0.118. The summed E-state index contributed by atoms with van der Waals surface area (Å²) in [6.45, 7) is 2.41. The number of thioether (sulfide) groups is 3. The molecule has 0 aliphatic carbocycles. The summed E-state index contributed by atoms with van der Waals surface area (Å²) in [5.74, 6) is 4.51. The fourth-order valence-corrected chi connectivity index (χ4v) is 9.36. The van der Waals surface area contributed by atoms with Gasteiger partial charge in [0.15, 0.2) is 22.5 Å². The number of H-pyrrole nitrogens is 3. The Morgan fingerprint density at radius 3 is 1.87 bits per heavy atom. The highest BCUT2D eigenvalue weighted by atomic mass is 32.2. The predicted molar refractivity (Wildman–Crippen MR) is 289 cm³/mol. The number of nitrogens with two attached hydrogens (primary N) is 2. The third kappa shape index (κ3) is 14.5. The monoisotopic (exact) mass is 1070 g/mol. The van der Waals surface area contributed by atoms with Crippen LogP contribution in [0.5, 0.6) is 11.5 Å². The molecule has 0 saturated carbocycles. The first kappa shape index (κ1) is 51.7. The van der Waals surface area contributed by atoms with E-state index < -0.39 is 0 Å². The Balaban J connectivity index is 0.000000140. The molecule has 22 nitrogen and oxygen atoms in total. The van der Waals surface area contributed by atoms with Gasteiger partial charge < -0.3 is 41.4 Å².